The number of ether oxygens (including phenoxy) is 2. The number of rotatable bonds is 10. The molecular formula is C36H31Cl2FN2O3S. The molecule has 0 radical (unpaired) electrons. The Balaban J connectivity index is 1.56. The van der Waals surface area contributed by atoms with Crippen molar-refractivity contribution in [2.45, 2.75) is 33.8 Å². The number of carbonyl (C=O) groups is 1. The Morgan fingerprint density at radius 3 is 2.38 bits per heavy atom. The zero-order valence-corrected chi connectivity index (χ0v) is 27.4. The summed E-state index contributed by atoms with van der Waals surface area (Å²) in [6, 6.07) is 21.2. The number of hydrogen-bond donors (Lipinski definition) is 0. The zero-order valence-electron chi connectivity index (χ0n) is 25.1. The molecule has 230 valence electrons. The van der Waals surface area contributed by atoms with E-state index in [0.29, 0.717) is 61.6 Å². The van der Waals surface area contributed by atoms with Crippen LogP contribution in [0.1, 0.15) is 34.7 Å². The molecule has 1 aliphatic rings. The summed E-state index contributed by atoms with van der Waals surface area (Å²) in [6.45, 7) is 10.0. The molecule has 45 heavy (non-hydrogen) atoms. The van der Waals surface area contributed by atoms with Crippen LogP contribution in [0.5, 0.6) is 11.5 Å². The second kappa shape index (κ2) is 14.4. The number of hydrogen-bond acceptors (Lipinski definition) is 5. The molecule has 4 aromatic rings. The highest BCUT2D eigenvalue weighted by atomic mass is 35.5. The van der Waals surface area contributed by atoms with Gasteiger partial charge in [0, 0.05) is 21.2 Å². The minimum atomic E-state index is -0.344. The molecule has 1 aliphatic heterocycles. The van der Waals surface area contributed by atoms with Gasteiger partial charge in [0.2, 0.25) is 0 Å². The standard InChI is InChI=1S/C36H31Cl2FN2O3S/c1-5-9-25-16-24(17-32(43-6-2)34(25)44-21-26-10-7-8-11-31(26)39)18-33-35(42)41(28-15-13-23(4)30(38)20-28)36(45-33)40-27-14-12-22(3)29(37)19-27/h5,7-8,10-20H,1,6,9,21H2,2-4H3/b33-18+,40-36?. The first-order valence-electron chi connectivity index (χ1n) is 14.3. The van der Waals surface area contributed by atoms with Crippen molar-refractivity contribution in [1.82, 2.24) is 0 Å². The maximum Gasteiger partial charge on any atom is 0.271 e. The predicted molar refractivity (Wildman–Crippen MR) is 185 cm³/mol. The van der Waals surface area contributed by atoms with E-state index in [1.807, 2.05) is 57.2 Å². The molecule has 5 nitrogen and oxygen atoms in total. The van der Waals surface area contributed by atoms with Crippen LogP contribution in [-0.4, -0.2) is 17.7 Å². The molecule has 1 saturated heterocycles. The van der Waals surface area contributed by atoms with E-state index in [1.165, 1.54) is 17.8 Å². The average Bonchev–Trinajstić information content (AvgIpc) is 3.30. The van der Waals surface area contributed by atoms with Gasteiger partial charge in [0.15, 0.2) is 16.7 Å². The molecule has 1 amide bonds. The minimum absolute atomic E-state index is 0.0303. The molecule has 1 heterocycles. The van der Waals surface area contributed by atoms with Crippen molar-refractivity contribution < 1.29 is 18.7 Å². The van der Waals surface area contributed by atoms with E-state index < -0.39 is 0 Å². The summed E-state index contributed by atoms with van der Waals surface area (Å²) in [5.74, 6) is 0.395. The fraction of sp³-hybridized carbons (Fsp3) is 0.167. The molecule has 0 bridgehead atoms. The number of halogens is 3. The Morgan fingerprint density at radius 1 is 0.956 bits per heavy atom. The molecule has 1 fully saturated rings. The van der Waals surface area contributed by atoms with Gasteiger partial charge in [0.25, 0.3) is 5.91 Å². The van der Waals surface area contributed by atoms with Crippen LogP contribution in [0.25, 0.3) is 6.08 Å². The molecule has 0 unspecified atom stereocenters. The minimum Gasteiger partial charge on any atom is -0.490 e. The number of allylic oxidation sites excluding steroid dienone is 1. The third-order valence-electron chi connectivity index (χ3n) is 7.05. The molecule has 0 N–H and O–H groups in total. The lowest BCUT2D eigenvalue weighted by Gasteiger charge is -2.17. The maximum absolute atomic E-state index is 14.3. The van der Waals surface area contributed by atoms with Gasteiger partial charge in [0.1, 0.15) is 12.4 Å². The molecule has 0 atom stereocenters. The lowest BCUT2D eigenvalue weighted by Crippen LogP contribution is -2.28. The molecule has 5 rings (SSSR count). The maximum atomic E-state index is 14.3. The van der Waals surface area contributed by atoms with Gasteiger partial charge >= 0.3 is 0 Å². The van der Waals surface area contributed by atoms with Crippen LogP contribution >= 0.6 is 35.0 Å². The van der Waals surface area contributed by atoms with Gasteiger partial charge in [-0.1, -0.05) is 59.6 Å². The topological polar surface area (TPSA) is 51.1 Å². The largest absolute Gasteiger partial charge is 0.490 e. The van der Waals surface area contributed by atoms with Gasteiger partial charge in [-0.3, -0.25) is 9.69 Å². The summed E-state index contributed by atoms with van der Waals surface area (Å²) in [6.07, 6.45) is 4.03. The van der Waals surface area contributed by atoms with Crippen molar-refractivity contribution in [2.75, 3.05) is 11.5 Å². The van der Waals surface area contributed by atoms with Gasteiger partial charge < -0.3 is 9.47 Å². The number of benzene rings is 4. The first-order chi connectivity index (χ1) is 21.7. The van der Waals surface area contributed by atoms with Crippen LogP contribution in [0, 0.1) is 19.7 Å². The number of carbonyl (C=O) groups excluding carboxylic acids is 1. The lowest BCUT2D eigenvalue weighted by molar-refractivity contribution is -0.113. The van der Waals surface area contributed by atoms with E-state index in [2.05, 4.69) is 6.58 Å². The van der Waals surface area contributed by atoms with Gasteiger partial charge in [-0.25, -0.2) is 9.38 Å². The summed E-state index contributed by atoms with van der Waals surface area (Å²) in [5, 5.41) is 1.59. The van der Waals surface area contributed by atoms with Crippen molar-refractivity contribution in [3.63, 3.8) is 0 Å². The van der Waals surface area contributed by atoms with E-state index in [4.69, 9.17) is 37.7 Å². The zero-order chi connectivity index (χ0) is 32.1. The van der Waals surface area contributed by atoms with Crippen molar-refractivity contribution in [1.29, 1.82) is 0 Å². The smallest absolute Gasteiger partial charge is 0.271 e. The molecule has 9 heteroatoms. The lowest BCUT2D eigenvalue weighted by atomic mass is 10.0. The molecule has 0 aliphatic carbocycles. The summed E-state index contributed by atoms with van der Waals surface area (Å²) in [7, 11) is 0. The second-order valence-corrected chi connectivity index (χ2v) is 12.1. The Morgan fingerprint density at radius 2 is 1.69 bits per heavy atom. The van der Waals surface area contributed by atoms with Gasteiger partial charge in [-0.05, 0) is 104 Å². The number of thioether (sulfide) groups is 1. The van der Waals surface area contributed by atoms with E-state index in [9.17, 15) is 9.18 Å². The van der Waals surface area contributed by atoms with Crippen LogP contribution in [0.15, 0.2) is 95.3 Å². The van der Waals surface area contributed by atoms with Crippen molar-refractivity contribution in [3.8, 4) is 11.5 Å². The van der Waals surface area contributed by atoms with Gasteiger partial charge in [-0.2, -0.15) is 0 Å². The van der Waals surface area contributed by atoms with Crippen LogP contribution in [0.3, 0.4) is 0 Å². The highest BCUT2D eigenvalue weighted by Crippen LogP contribution is 2.41. The van der Waals surface area contributed by atoms with Crippen LogP contribution in [0.2, 0.25) is 10.0 Å². The summed E-state index contributed by atoms with van der Waals surface area (Å²) in [4.78, 5) is 20.8. The van der Waals surface area contributed by atoms with E-state index >= 15 is 0 Å². The highest BCUT2D eigenvalue weighted by molar-refractivity contribution is 8.19. The van der Waals surface area contributed by atoms with Crippen molar-refractivity contribution in [2.24, 2.45) is 4.99 Å². The van der Waals surface area contributed by atoms with E-state index in [-0.39, 0.29) is 18.3 Å². The predicted octanol–water partition coefficient (Wildman–Crippen LogP) is 10.3. The third-order valence-corrected chi connectivity index (χ3v) is 8.83. The van der Waals surface area contributed by atoms with E-state index in [1.54, 1.807) is 47.4 Å². The number of aryl methyl sites for hydroxylation is 2. The van der Waals surface area contributed by atoms with Crippen LogP contribution < -0.4 is 14.4 Å². The number of nitrogens with zero attached hydrogens (tertiary/aromatic N) is 2. The summed E-state index contributed by atoms with van der Waals surface area (Å²) < 4.78 is 26.4. The molecular weight excluding hydrogens is 630 g/mol. The quantitative estimate of drug-likeness (QED) is 0.125. The number of anilines is 1. The Labute approximate surface area is 277 Å². The van der Waals surface area contributed by atoms with Crippen molar-refractivity contribution in [3.05, 3.63) is 134 Å². The number of amidine groups is 1. The fourth-order valence-corrected chi connectivity index (χ4v) is 6.03. The summed E-state index contributed by atoms with van der Waals surface area (Å²) >= 11 is 14.1. The average molecular weight is 662 g/mol. The Bertz CT molecular complexity index is 1840. The Kier molecular flexibility index (Phi) is 10.3. The number of amides is 1. The second-order valence-electron chi connectivity index (χ2n) is 10.3. The monoisotopic (exact) mass is 660 g/mol. The van der Waals surface area contributed by atoms with E-state index in [0.717, 1.165) is 22.3 Å². The number of aliphatic imine (C=N–C) groups is 1. The first kappa shape index (κ1) is 32.4. The molecule has 0 spiro atoms. The molecule has 0 saturated carbocycles. The van der Waals surface area contributed by atoms with Gasteiger partial charge in [-0.15, -0.1) is 6.58 Å². The first-order valence-corrected chi connectivity index (χ1v) is 15.9. The van der Waals surface area contributed by atoms with Crippen LogP contribution in [-0.2, 0) is 17.8 Å². The highest BCUT2D eigenvalue weighted by Gasteiger charge is 2.35. The normalized spacial score (nSPS) is 14.8. The van der Waals surface area contributed by atoms with Crippen LogP contribution in [0.4, 0.5) is 15.8 Å². The SMILES string of the molecule is C=CCc1cc(/C=C2/SC(=Nc3ccc(C)c(Cl)c3)N(c3ccc(C)c(Cl)c3)C2=O)cc(OCC)c1OCc1ccccc1F. The molecule has 0 aromatic heterocycles. The Hall–Kier alpha value is -4.04. The fourth-order valence-electron chi connectivity index (χ4n) is 4.68. The third kappa shape index (κ3) is 7.44. The molecule has 4 aromatic carbocycles. The van der Waals surface area contributed by atoms with Gasteiger partial charge in [0.05, 0.1) is 22.9 Å². The summed E-state index contributed by atoms with van der Waals surface area (Å²) in [5.41, 5.74) is 5.00. The van der Waals surface area contributed by atoms with Crippen molar-refractivity contribution >= 4 is 63.5 Å².